The second-order valence-corrected chi connectivity index (χ2v) is 6.39. The van der Waals surface area contributed by atoms with Crippen LogP contribution in [0.2, 0.25) is 0 Å². The summed E-state index contributed by atoms with van der Waals surface area (Å²) in [7, 11) is -3.32. The molecule has 8 heteroatoms. The maximum absolute atomic E-state index is 12.2. The lowest BCUT2D eigenvalue weighted by molar-refractivity contribution is 0.372. The van der Waals surface area contributed by atoms with Crippen LogP contribution in [-0.2, 0) is 10.1 Å². The van der Waals surface area contributed by atoms with Crippen LogP contribution in [0.1, 0.15) is 0 Å². The predicted molar refractivity (Wildman–Crippen MR) is 86.0 cm³/mol. The first-order valence-electron chi connectivity index (χ1n) is 6.73. The molecule has 0 fully saturated rings. The highest BCUT2D eigenvalue weighted by atomic mass is 32.2. The van der Waals surface area contributed by atoms with E-state index in [9.17, 15) is 22.9 Å². The van der Waals surface area contributed by atoms with Crippen molar-refractivity contribution in [3.63, 3.8) is 0 Å². The molecule has 0 radical (unpaired) electrons. The maximum Gasteiger partial charge on any atom is 0.294 e. The predicted octanol–water partition coefficient (Wildman–Crippen LogP) is 2.42. The Morgan fingerprint density at radius 2 is 1.83 bits per heavy atom. The maximum atomic E-state index is 12.2. The fourth-order valence-electron chi connectivity index (χ4n) is 2.31. The molecule has 0 saturated carbocycles. The highest BCUT2D eigenvalue weighted by molar-refractivity contribution is 7.85. The highest BCUT2D eigenvalue weighted by Gasteiger charge is 2.20. The lowest BCUT2D eigenvalue weighted by Gasteiger charge is -2.11. The van der Waals surface area contributed by atoms with Gasteiger partial charge in [-0.15, -0.1) is 0 Å². The van der Waals surface area contributed by atoms with Crippen LogP contribution in [0.3, 0.4) is 0 Å². The summed E-state index contributed by atoms with van der Waals surface area (Å²) in [4.78, 5) is 11.7. The molecule has 2 aromatic carbocycles. The van der Waals surface area contributed by atoms with E-state index in [0.29, 0.717) is 5.39 Å². The number of rotatable bonds is 3. The van der Waals surface area contributed by atoms with Gasteiger partial charge in [0.2, 0.25) is 0 Å². The van der Waals surface area contributed by atoms with Crippen LogP contribution in [0.25, 0.3) is 22.3 Å². The Labute approximate surface area is 136 Å². The molecule has 0 unspecified atom stereocenters. The molecular formula is C16H12O7S. The van der Waals surface area contributed by atoms with Crippen LogP contribution in [0.15, 0.2) is 56.6 Å². The van der Waals surface area contributed by atoms with E-state index in [1.54, 1.807) is 24.3 Å². The van der Waals surface area contributed by atoms with Crippen LogP contribution < -0.4 is 10.2 Å². The van der Waals surface area contributed by atoms with Gasteiger partial charge < -0.3 is 14.3 Å². The summed E-state index contributed by atoms with van der Waals surface area (Å²) in [6.07, 6.45) is 0. The number of benzene rings is 2. The molecule has 124 valence electrons. The molecule has 0 saturated heterocycles. The van der Waals surface area contributed by atoms with Crippen LogP contribution >= 0.6 is 0 Å². The number of hydrogen-bond acceptors (Lipinski definition) is 6. The summed E-state index contributed by atoms with van der Waals surface area (Å²) in [5.74, 6) is -0.653. The molecule has 0 bridgehead atoms. The number of phenolic OH excluding ortho intramolecular Hbond substituents is 1. The third-order valence-electron chi connectivity index (χ3n) is 3.47. The fraction of sp³-hybridized carbons (Fsp3) is 0.0625. The average molecular weight is 348 g/mol. The smallest absolute Gasteiger partial charge is 0.294 e. The van der Waals surface area contributed by atoms with Crippen LogP contribution in [0.5, 0.6) is 11.5 Å². The molecule has 0 aliphatic rings. The zero-order valence-corrected chi connectivity index (χ0v) is 13.2. The zero-order chi connectivity index (χ0) is 17.5. The lowest BCUT2D eigenvalue weighted by Crippen LogP contribution is -2.02. The standard InChI is InChI=1S/C16H12O7S/c1-22-15-7-9(24(19,20)21)6-11(16(15)18)14-8-12(17)10-4-2-3-5-13(10)23-14/h2-8,18H,1H3,(H,19,20,21). The van der Waals surface area contributed by atoms with Crippen LogP contribution in [0, 0.1) is 0 Å². The highest BCUT2D eigenvalue weighted by Crippen LogP contribution is 2.39. The van der Waals surface area contributed by atoms with Gasteiger partial charge >= 0.3 is 0 Å². The summed E-state index contributed by atoms with van der Waals surface area (Å²) in [6.45, 7) is 0. The van der Waals surface area contributed by atoms with Crippen LogP contribution in [0.4, 0.5) is 0 Å². The first-order chi connectivity index (χ1) is 11.3. The van der Waals surface area contributed by atoms with E-state index in [-0.39, 0.29) is 28.1 Å². The summed E-state index contributed by atoms with van der Waals surface area (Å²) >= 11 is 0. The van der Waals surface area contributed by atoms with Crippen molar-refractivity contribution in [1.82, 2.24) is 0 Å². The lowest BCUT2D eigenvalue weighted by atomic mass is 10.1. The first kappa shape index (κ1) is 16.0. The second-order valence-electron chi connectivity index (χ2n) is 4.97. The minimum absolute atomic E-state index is 0.0556. The number of methoxy groups -OCH3 is 1. The Bertz CT molecular complexity index is 1100. The SMILES string of the molecule is COc1cc(S(=O)(=O)O)cc(-c2cc(=O)c3ccccc3o2)c1O. The molecule has 1 aromatic heterocycles. The van der Waals surface area contributed by atoms with Gasteiger partial charge in [-0.1, -0.05) is 12.1 Å². The van der Waals surface area contributed by atoms with Gasteiger partial charge in [-0.05, 0) is 18.2 Å². The van der Waals surface area contributed by atoms with Gasteiger partial charge in [-0.2, -0.15) is 8.42 Å². The van der Waals surface area contributed by atoms with Crippen molar-refractivity contribution in [2.24, 2.45) is 0 Å². The van der Waals surface area contributed by atoms with Gasteiger partial charge in [0.15, 0.2) is 16.9 Å². The van der Waals surface area contributed by atoms with E-state index in [4.69, 9.17) is 9.15 Å². The van der Waals surface area contributed by atoms with E-state index in [0.717, 1.165) is 18.2 Å². The normalized spacial score (nSPS) is 11.6. The van der Waals surface area contributed by atoms with Gasteiger partial charge in [0, 0.05) is 12.1 Å². The first-order valence-corrected chi connectivity index (χ1v) is 8.17. The molecular weight excluding hydrogens is 336 g/mol. The molecule has 0 atom stereocenters. The van der Waals surface area contributed by atoms with Gasteiger partial charge in [0.25, 0.3) is 10.1 Å². The van der Waals surface area contributed by atoms with Gasteiger partial charge in [0.1, 0.15) is 11.3 Å². The van der Waals surface area contributed by atoms with E-state index < -0.39 is 20.8 Å². The number of para-hydroxylation sites is 1. The Hall–Kier alpha value is -2.84. The monoisotopic (exact) mass is 348 g/mol. The Balaban J connectivity index is 2.35. The topological polar surface area (TPSA) is 114 Å². The van der Waals surface area contributed by atoms with Crippen molar-refractivity contribution < 1.29 is 27.2 Å². The van der Waals surface area contributed by atoms with Gasteiger partial charge in [-0.3, -0.25) is 9.35 Å². The summed E-state index contributed by atoms with van der Waals surface area (Å²) in [6, 6.07) is 9.60. The fourth-order valence-corrected chi connectivity index (χ4v) is 2.83. The Kier molecular flexibility index (Phi) is 3.78. The third kappa shape index (κ3) is 2.72. The number of ether oxygens (including phenoxy) is 1. The van der Waals surface area contributed by atoms with E-state index >= 15 is 0 Å². The molecule has 0 amide bonds. The third-order valence-corrected chi connectivity index (χ3v) is 4.30. The van der Waals surface area contributed by atoms with Crippen molar-refractivity contribution in [1.29, 1.82) is 0 Å². The second kappa shape index (κ2) is 5.66. The number of phenols is 1. The van der Waals surface area contributed by atoms with Crippen molar-refractivity contribution >= 4 is 21.1 Å². The van der Waals surface area contributed by atoms with E-state index in [2.05, 4.69) is 0 Å². The van der Waals surface area contributed by atoms with Gasteiger partial charge in [0.05, 0.1) is 23.0 Å². The van der Waals surface area contributed by atoms with Crippen LogP contribution in [-0.4, -0.2) is 25.2 Å². The van der Waals surface area contributed by atoms with Gasteiger partial charge in [-0.25, -0.2) is 0 Å². The molecule has 24 heavy (non-hydrogen) atoms. The number of fused-ring (bicyclic) bond motifs is 1. The molecule has 0 spiro atoms. The molecule has 1 heterocycles. The summed E-state index contributed by atoms with van der Waals surface area (Å²) in [5, 5.41) is 10.6. The summed E-state index contributed by atoms with van der Waals surface area (Å²) in [5.41, 5.74) is -0.178. The van der Waals surface area contributed by atoms with Crippen molar-refractivity contribution in [2.75, 3.05) is 7.11 Å². The van der Waals surface area contributed by atoms with E-state index in [1.807, 2.05) is 0 Å². The number of hydrogen-bond donors (Lipinski definition) is 2. The molecule has 3 aromatic rings. The zero-order valence-electron chi connectivity index (χ0n) is 12.4. The van der Waals surface area contributed by atoms with Crippen molar-refractivity contribution in [3.8, 4) is 22.8 Å². The van der Waals surface area contributed by atoms with E-state index in [1.165, 1.54) is 7.11 Å². The quantitative estimate of drug-likeness (QED) is 0.699. The average Bonchev–Trinajstić information content (AvgIpc) is 2.54. The molecule has 0 aliphatic heterocycles. The Morgan fingerprint density at radius 1 is 1.12 bits per heavy atom. The molecule has 2 N–H and O–H groups in total. The number of aromatic hydroxyl groups is 1. The summed E-state index contributed by atoms with van der Waals surface area (Å²) < 4.78 is 42.5. The molecule has 0 aliphatic carbocycles. The molecule has 3 rings (SSSR count). The molecule has 7 nitrogen and oxygen atoms in total. The van der Waals surface area contributed by atoms with Crippen molar-refractivity contribution in [2.45, 2.75) is 4.90 Å². The largest absolute Gasteiger partial charge is 0.504 e. The Morgan fingerprint density at radius 3 is 2.50 bits per heavy atom. The minimum Gasteiger partial charge on any atom is -0.504 e. The minimum atomic E-state index is -4.55. The van der Waals surface area contributed by atoms with Crippen molar-refractivity contribution in [3.05, 3.63) is 52.7 Å².